The Morgan fingerprint density at radius 2 is 2.46 bits per heavy atom. The van der Waals surface area contributed by atoms with Gasteiger partial charge in [0, 0.05) is 18.1 Å². The molecule has 0 amide bonds. The van der Waals surface area contributed by atoms with Crippen LogP contribution in [0.3, 0.4) is 0 Å². The normalized spacial score (nSPS) is 12.8. The summed E-state index contributed by atoms with van der Waals surface area (Å²) in [6.07, 6.45) is 3.72. The molecule has 0 saturated carbocycles. The van der Waals surface area contributed by atoms with Crippen molar-refractivity contribution in [2.24, 2.45) is 11.7 Å². The van der Waals surface area contributed by atoms with Crippen molar-refractivity contribution in [1.82, 2.24) is 4.98 Å². The third-order valence-corrected chi connectivity index (χ3v) is 3.14. The van der Waals surface area contributed by atoms with Crippen molar-refractivity contribution in [3.63, 3.8) is 0 Å². The number of pyridine rings is 1. The third-order valence-electron chi connectivity index (χ3n) is 1.80. The lowest BCUT2D eigenvalue weighted by atomic mass is 10.2. The molecule has 0 aliphatic carbocycles. The van der Waals surface area contributed by atoms with Crippen LogP contribution in [-0.2, 0) is 5.75 Å². The first-order valence-electron chi connectivity index (χ1n) is 4.49. The topological polar surface area (TPSA) is 38.9 Å². The molecule has 1 unspecified atom stereocenters. The van der Waals surface area contributed by atoms with Gasteiger partial charge in [-0.25, -0.2) is 0 Å². The summed E-state index contributed by atoms with van der Waals surface area (Å²) in [7, 11) is 0. The molecule has 13 heavy (non-hydrogen) atoms. The fourth-order valence-corrected chi connectivity index (χ4v) is 1.99. The smallest absolute Gasteiger partial charge is 0.0308 e. The number of nitrogens with zero attached hydrogens (tertiary/aromatic N) is 1. The van der Waals surface area contributed by atoms with Gasteiger partial charge >= 0.3 is 0 Å². The Bertz CT molecular complexity index is 226. The molecule has 0 radical (unpaired) electrons. The molecular weight excluding hydrogens is 180 g/mol. The summed E-state index contributed by atoms with van der Waals surface area (Å²) >= 11 is 1.92. The van der Waals surface area contributed by atoms with Crippen molar-refractivity contribution in [3.05, 3.63) is 30.1 Å². The molecule has 1 aromatic rings. The average molecular weight is 196 g/mol. The molecule has 2 nitrogen and oxygen atoms in total. The van der Waals surface area contributed by atoms with Crippen LogP contribution >= 0.6 is 11.8 Å². The van der Waals surface area contributed by atoms with Gasteiger partial charge in [-0.2, -0.15) is 11.8 Å². The molecule has 1 heterocycles. The third kappa shape index (κ3) is 4.29. The number of hydrogen-bond donors (Lipinski definition) is 1. The summed E-state index contributed by atoms with van der Waals surface area (Å²) in [6, 6.07) is 4.08. The molecule has 2 N–H and O–H groups in total. The predicted molar refractivity (Wildman–Crippen MR) is 58.6 cm³/mol. The van der Waals surface area contributed by atoms with Crippen LogP contribution in [0, 0.1) is 5.92 Å². The van der Waals surface area contributed by atoms with Crippen molar-refractivity contribution in [3.8, 4) is 0 Å². The van der Waals surface area contributed by atoms with Gasteiger partial charge in [0.05, 0.1) is 0 Å². The van der Waals surface area contributed by atoms with E-state index in [-0.39, 0.29) is 0 Å². The van der Waals surface area contributed by atoms with Crippen LogP contribution in [0.4, 0.5) is 0 Å². The minimum atomic E-state index is 0.613. The highest BCUT2D eigenvalue weighted by Crippen LogP contribution is 2.13. The van der Waals surface area contributed by atoms with Gasteiger partial charge in [0.25, 0.3) is 0 Å². The van der Waals surface area contributed by atoms with E-state index >= 15 is 0 Å². The fourth-order valence-electron chi connectivity index (χ4n) is 0.930. The SMILES string of the molecule is CC(CN)CSCc1cccnc1. The van der Waals surface area contributed by atoms with E-state index in [1.165, 1.54) is 5.56 Å². The summed E-state index contributed by atoms with van der Waals surface area (Å²) in [5.41, 5.74) is 6.81. The van der Waals surface area contributed by atoms with Crippen molar-refractivity contribution in [1.29, 1.82) is 0 Å². The summed E-state index contributed by atoms with van der Waals surface area (Å²) in [5.74, 6) is 2.78. The summed E-state index contributed by atoms with van der Waals surface area (Å²) < 4.78 is 0. The molecule has 0 bridgehead atoms. The average Bonchev–Trinajstić information content (AvgIpc) is 2.19. The van der Waals surface area contributed by atoms with E-state index < -0.39 is 0 Å². The van der Waals surface area contributed by atoms with Gasteiger partial charge in [0.1, 0.15) is 0 Å². The molecule has 1 rings (SSSR count). The molecule has 3 heteroatoms. The second kappa shape index (κ2) is 6.00. The van der Waals surface area contributed by atoms with Gasteiger partial charge in [-0.1, -0.05) is 13.0 Å². The summed E-state index contributed by atoms with van der Waals surface area (Å²) in [6.45, 7) is 2.95. The largest absolute Gasteiger partial charge is 0.330 e. The van der Waals surface area contributed by atoms with Crippen LogP contribution in [0.5, 0.6) is 0 Å². The van der Waals surface area contributed by atoms with Crippen LogP contribution in [-0.4, -0.2) is 17.3 Å². The number of thioether (sulfide) groups is 1. The zero-order valence-electron chi connectivity index (χ0n) is 7.94. The van der Waals surface area contributed by atoms with E-state index in [4.69, 9.17) is 5.73 Å². The Balaban J connectivity index is 2.20. The van der Waals surface area contributed by atoms with E-state index in [0.29, 0.717) is 5.92 Å². The molecule has 0 aliphatic heterocycles. The monoisotopic (exact) mass is 196 g/mol. The van der Waals surface area contributed by atoms with Gasteiger partial charge < -0.3 is 5.73 Å². The molecule has 72 valence electrons. The molecular formula is C10H16N2S. The molecule has 1 aromatic heterocycles. The van der Waals surface area contributed by atoms with Crippen LogP contribution in [0.1, 0.15) is 12.5 Å². The number of aromatic nitrogens is 1. The molecule has 0 saturated heterocycles. The summed E-state index contributed by atoms with van der Waals surface area (Å²) in [5, 5.41) is 0. The van der Waals surface area contributed by atoms with E-state index in [1.807, 2.05) is 24.0 Å². The lowest BCUT2D eigenvalue weighted by Crippen LogP contribution is -2.12. The van der Waals surface area contributed by atoms with E-state index in [1.54, 1.807) is 6.20 Å². The van der Waals surface area contributed by atoms with Gasteiger partial charge in [0.15, 0.2) is 0 Å². The Hall–Kier alpha value is -0.540. The number of rotatable bonds is 5. The number of nitrogens with two attached hydrogens (primary N) is 1. The lowest BCUT2D eigenvalue weighted by Gasteiger charge is -2.06. The Kier molecular flexibility index (Phi) is 4.86. The highest BCUT2D eigenvalue weighted by Gasteiger charge is 1.99. The van der Waals surface area contributed by atoms with Gasteiger partial charge in [-0.05, 0) is 29.8 Å². The molecule has 0 aromatic carbocycles. The minimum absolute atomic E-state index is 0.613. The van der Waals surface area contributed by atoms with Crippen molar-refractivity contribution in [2.45, 2.75) is 12.7 Å². The minimum Gasteiger partial charge on any atom is -0.330 e. The lowest BCUT2D eigenvalue weighted by molar-refractivity contribution is 0.675. The maximum absolute atomic E-state index is 5.53. The second-order valence-electron chi connectivity index (χ2n) is 3.22. The molecule has 0 spiro atoms. The molecule has 1 atom stereocenters. The van der Waals surface area contributed by atoms with Crippen LogP contribution < -0.4 is 5.73 Å². The van der Waals surface area contributed by atoms with Gasteiger partial charge in [-0.3, -0.25) is 4.98 Å². The van der Waals surface area contributed by atoms with Crippen molar-refractivity contribution >= 4 is 11.8 Å². The van der Waals surface area contributed by atoms with Crippen LogP contribution in [0.2, 0.25) is 0 Å². The Labute approximate surface area is 83.9 Å². The van der Waals surface area contributed by atoms with Crippen molar-refractivity contribution in [2.75, 3.05) is 12.3 Å². The first-order chi connectivity index (χ1) is 6.33. The number of hydrogen-bond acceptors (Lipinski definition) is 3. The molecule has 0 fully saturated rings. The van der Waals surface area contributed by atoms with Gasteiger partial charge in [0.2, 0.25) is 0 Å². The fraction of sp³-hybridized carbons (Fsp3) is 0.500. The van der Waals surface area contributed by atoms with Crippen LogP contribution in [0.25, 0.3) is 0 Å². The standard InChI is InChI=1S/C10H16N2S/c1-9(5-11)7-13-8-10-3-2-4-12-6-10/h2-4,6,9H,5,7-8,11H2,1H3. The van der Waals surface area contributed by atoms with Crippen molar-refractivity contribution < 1.29 is 0 Å². The van der Waals surface area contributed by atoms with E-state index in [9.17, 15) is 0 Å². The highest BCUT2D eigenvalue weighted by molar-refractivity contribution is 7.98. The Morgan fingerprint density at radius 3 is 3.08 bits per heavy atom. The quantitative estimate of drug-likeness (QED) is 0.782. The zero-order valence-corrected chi connectivity index (χ0v) is 8.76. The highest BCUT2D eigenvalue weighted by atomic mass is 32.2. The first kappa shape index (κ1) is 10.5. The van der Waals surface area contributed by atoms with E-state index in [2.05, 4.69) is 18.0 Å². The first-order valence-corrected chi connectivity index (χ1v) is 5.65. The Morgan fingerprint density at radius 1 is 1.62 bits per heavy atom. The maximum Gasteiger partial charge on any atom is 0.0308 e. The summed E-state index contributed by atoms with van der Waals surface area (Å²) in [4.78, 5) is 4.06. The predicted octanol–water partition coefficient (Wildman–Crippen LogP) is 1.91. The van der Waals surface area contributed by atoms with Crippen LogP contribution in [0.15, 0.2) is 24.5 Å². The second-order valence-corrected chi connectivity index (χ2v) is 4.25. The van der Waals surface area contributed by atoms with Gasteiger partial charge in [-0.15, -0.1) is 0 Å². The zero-order chi connectivity index (χ0) is 9.52. The van der Waals surface area contributed by atoms with E-state index in [0.717, 1.165) is 18.1 Å². The molecule has 0 aliphatic rings. The maximum atomic E-state index is 5.53.